The van der Waals surface area contributed by atoms with Crippen molar-refractivity contribution in [3.63, 3.8) is 0 Å². The van der Waals surface area contributed by atoms with E-state index in [2.05, 4.69) is 49.1 Å². The molecule has 25 heteroatoms. The Bertz CT molecular complexity index is 3650. The van der Waals surface area contributed by atoms with E-state index < -0.39 is 119 Å². The van der Waals surface area contributed by atoms with Crippen molar-refractivity contribution in [1.29, 1.82) is 0 Å². The average Bonchev–Trinajstić information content (AvgIpc) is 1.61. The number of esters is 4. The highest BCUT2D eigenvalue weighted by Crippen LogP contribution is 2.44. The molecule has 3 aliphatic carbocycles. The molecular weight excluding hydrogens is 1380 g/mol. The molecule has 2 saturated carbocycles. The molecule has 0 aromatic heterocycles. The van der Waals surface area contributed by atoms with Crippen molar-refractivity contribution >= 4 is 76.5 Å². The lowest BCUT2D eigenvalue weighted by Crippen LogP contribution is -2.53. The van der Waals surface area contributed by atoms with Gasteiger partial charge in [0, 0.05) is 44.3 Å². The number of fused-ring (bicyclic) bond motifs is 4. The van der Waals surface area contributed by atoms with Gasteiger partial charge in [-0.15, -0.1) is 0 Å². The molecule has 4 aromatic carbocycles. The summed E-state index contributed by atoms with van der Waals surface area (Å²) in [5.74, 6) is -5.58. The number of nitrogens with one attached hydrogen (secondary N) is 8. The number of carbonyl (C=O) groups is 11. The van der Waals surface area contributed by atoms with Crippen molar-refractivity contribution in [2.75, 3.05) is 32.8 Å². The monoisotopic (exact) mass is 1500 g/mol. The fourth-order valence-corrected chi connectivity index (χ4v) is 13.7. The molecular formula is C83H116N8O17. The number of hydrogen-bond donors (Lipinski definition) is 8. The van der Waals surface area contributed by atoms with Gasteiger partial charge in [-0.3, -0.25) is 24.0 Å². The summed E-state index contributed by atoms with van der Waals surface area (Å²) in [6.07, 6.45) is 9.93. The Morgan fingerprint density at radius 1 is 0.500 bits per heavy atom. The standard InChI is InChI=1S/C83H116N8O17/c1-11-48-103-79(101)85-47-27-24-36-65(87-70(92)51-69(77(99)108-83(8,9)10)91-80(102)104-53-64-62-34-22-20-32-60(62)61-33-21-23-35-63(61)64)73(95)86-52-54-38-42-57(43-39-54)72(94)88-68(50-55-40-41-56-28-18-19-29-58(56)49-55)74(96)84-46-26-25-37-66(75(97)105-59-30-16-14-12-13-15-17-31-59)89-78(100)90-67(76(98)107-82(5,6)7)44-45-71(93)106-81(2,3)4/h11,18-23,28-29,32-35,40-41,49,54,57,59,64-69H,1,12-17,24-27,30-31,36-39,42-48,50-53H2,2-10H3,(H,84,96)(H,85,101)(H,86,95)(H,87,92)(H,88,94)(H,91,102)(H2,89,90,100). The lowest BCUT2D eigenvalue weighted by molar-refractivity contribution is -0.159. The molecule has 0 saturated heterocycles. The maximum atomic E-state index is 14.4. The molecule has 0 bridgehead atoms. The molecule has 0 heterocycles. The van der Waals surface area contributed by atoms with E-state index in [9.17, 15) is 52.7 Å². The van der Waals surface area contributed by atoms with E-state index in [0.29, 0.717) is 64.2 Å². The molecule has 108 heavy (non-hydrogen) atoms. The van der Waals surface area contributed by atoms with Crippen LogP contribution in [0.2, 0.25) is 0 Å². The van der Waals surface area contributed by atoms with Gasteiger partial charge in [0.2, 0.25) is 23.6 Å². The molecule has 4 aromatic rings. The lowest BCUT2D eigenvalue weighted by Gasteiger charge is -2.30. The highest BCUT2D eigenvalue weighted by molar-refractivity contribution is 5.93. The van der Waals surface area contributed by atoms with Gasteiger partial charge < -0.3 is 71.0 Å². The first-order chi connectivity index (χ1) is 51.4. The van der Waals surface area contributed by atoms with E-state index in [1.54, 1.807) is 62.3 Å². The van der Waals surface area contributed by atoms with Crippen LogP contribution in [0, 0.1) is 11.8 Å². The summed E-state index contributed by atoms with van der Waals surface area (Å²) in [7, 11) is 0. The van der Waals surface area contributed by atoms with Gasteiger partial charge in [0.25, 0.3) is 0 Å². The summed E-state index contributed by atoms with van der Waals surface area (Å²) in [6, 6.07) is 22.6. The first-order valence-electron chi connectivity index (χ1n) is 38.6. The summed E-state index contributed by atoms with van der Waals surface area (Å²) in [5, 5.41) is 24.4. The van der Waals surface area contributed by atoms with E-state index in [0.717, 1.165) is 77.1 Å². The van der Waals surface area contributed by atoms with Gasteiger partial charge in [0.05, 0.1) is 6.42 Å². The molecule has 2 fully saturated rings. The summed E-state index contributed by atoms with van der Waals surface area (Å²) >= 11 is 0. The third kappa shape index (κ3) is 29.9. The number of carbonyl (C=O) groups excluding carboxylic acids is 11. The largest absolute Gasteiger partial charge is 0.461 e. The van der Waals surface area contributed by atoms with Crippen LogP contribution >= 0.6 is 0 Å². The fraction of sp³-hybridized carbons (Fsp3) is 0.578. The summed E-state index contributed by atoms with van der Waals surface area (Å²) < 4.78 is 33.6. The maximum Gasteiger partial charge on any atom is 0.407 e. The predicted octanol–water partition coefficient (Wildman–Crippen LogP) is 11.8. The number of rotatable bonds is 35. The average molecular weight is 1500 g/mol. The molecule has 590 valence electrons. The zero-order valence-corrected chi connectivity index (χ0v) is 64.7. The van der Waals surface area contributed by atoms with E-state index >= 15 is 0 Å². The minimum Gasteiger partial charge on any atom is -0.461 e. The van der Waals surface area contributed by atoms with Crippen molar-refractivity contribution in [1.82, 2.24) is 42.5 Å². The predicted molar refractivity (Wildman–Crippen MR) is 410 cm³/mol. The van der Waals surface area contributed by atoms with Crippen LogP contribution in [0.25, 0.3) is 21.9 Å². The van der Waals surface area contributed by atoms with Crippen LogP contribution in [0.15, 0.2) is 104 Å². The smallest absolute Gasteiger partial charge is 0.407 e. The Balaban J connectivity index is 0.962. The van der Waals surface area contributed by atoms with Gasteiger partial charge in [-0.05, 0) is 203 Å². The quantitative estimate of drug-likeness (QED) is 0.00918. The van der Waals surface area contributed by atoms with E-state index in [1.807, 2.05) is 91.0 Å². The van der Waals surface area contributed by atoms with Crippen LogP contribution in [-0.2, 0) is 73.2 Å². The second-order valence-electron chi connectivity index (χ2n) is 31.5. The molecule has 8 amide bonds. The number of amides is 8. The number of alkyl carbamates (subject to hydrolysis) is 2. The van der Waals surface area contributed by atoms with Crippen molar-refractivity contribution < 1.29 is 81.2 Å². The molecule has 8 N–H and O–H groups in total. The molecule has 0 aliphatic heterocycles. The second-order valence-corrected chi connectivity index (χ2v) is 31.5. The van der Waals surface area contributed by atoms with Gasteiger partial charge in [0.1, 0.15) is 66.3 Å². The molecule has 5 atom stereocenters. The molecule has 7 rings (SSSR count). The van der Waals surface area contributed by atoms with Crippen LogP contribution in [0.5, 0.6) is 0 Å². The minimum atomic E-state index is -1.50. The van der Waals surface area contributed by atoms with Crippen LogP contribution in [0.1, 0.15) is 220 Å². The van der Waals surface area contributed by atoms with Gasteiger partial charge in [-0.2, -0.15) is 0 Å². The number of benzene rings is 4. The molecule has 0 radical (unpaired) electrons. The first-order valence-corrected chi connectivity index (χ1v) is 38.6. The molecule has 3 aliphatic rings. The molecule has 0 spiro atoms. The zero-order valence-electron chi connectivity index (χ0n) is 64.7. The Kier molecular flexibility index (Phi) is 33.5. The van der Waals surface area contributed by atoms with Crippen LogP contribution in [0.4, 0.5) is 14.4 Å². The van der Waals surface area contributed by atoms with Gasteiger partial charge in [0.15, 0.2) is 0 Å². The van der Waals surface area contributed by atoms with Crippen LogP contribution in [0.3, 0.4) is 0 Å². The fourth-order valence-electron chi connectivity index (χ4n) is 13.7. The van der Waals surface area contributed by atoms with E-state index in [-0.39, 0.29) is 88.8 Å². The Morgan fingerprint density at radius 2 is 1.05 bits per heavy atom. The van der Waals surface area contributed by atoms with Crippen molar-refractivity contribution in [3.8, 4) is 11.1 Å². The van der Waals surface area contributed by atoms with Gasteiger partial charge in [-0.1, -0.05) is 129 Å². The van der Waals surface area contributed by atoms with E-state index in [1.165, 1.54) is 6.08 Å². The Morgan fingerprint density at radius 3 is 1.66 bits per heavy atom. The zero-order chi connectivity index (χ0) is 78.4. The Labute approximate surface area is 636 Å². The van der Waals surface area contributed by atoms with Crippen LogP contribution < -0.4 is 42.5 Å². The number of unbranched alkanes of at least 4 members (excludes halogenated alkanes) is 2. The van der Waals surface area contributed by atoms with Crippen LogP contribution in [-0.4, -0.2) is 152 Å². The summed E-state index contributed by atoms with van der Waals surface area (Å²) in [6.45, 7) is 19.3. The SMILES string of the molecule is C=CCOC(=O)NCCCCC(NC(=O)CC(NC(=O)OCC1c2ccccc2-c2ccccc21)C(=O)OC(C)(C)C)C(=O)NCC1CCC(C(=O)NC(Cc2ccc3ccccc3c2)C(=O)NCCCCC(NC(=O)NC(CCC(=O)OC(C)(C)C)C(=O)OC(C)(C)C)C(=O)OC2CCCCCCCC2)CC1. The lowest BCUT2D eigenvalue weighted by atomic mass is 9.81. The molecule has 5 unspecified atom stereocenters. The number of ether oxygens (including phenoxy) is 6. The highest BCUT2D eigenvalue weighted by Gasteiger charge is 2.37. The minimum absolute atomic E-state index is 0.0222. The second kappa shape index (κ2) is 42.3. The van der Waals surface area contributed by atoms with Gasteiger partial charge in [-0.25, -0.2) is 28.8 Å². The van der Waals surface area contributed by atoms with Crippen molar-refractivity contribution in [2.45, 2.75) is 263 Å². The summed E-state index contributed by atoms with van der Waals surface area (Å²) in [4.78, 5) is 151. The number of urea groups is 1. The van der Waals surface area contributed by atoms with Crippen molar-refractivity contribution in [3.05, 3.63) is 120 Å². The topological polar surface area (TPSA) is 339 Å². The van der Waals surface area contributed by atoms with Crippen molar-refractivity contribution in [2.24, 2.45) is 11.8 Å². The summed E-state index contributed by atoms with van der Waals surface area (Å²) in [5.41, 5.74) is 2.16. The molecule has 25 nitrogen and oxygen atoms in total. The van der Waals surface area contributed by atoms with Gasteiger partial charge >= 0.3 is 42.1 Å². The maximum absolute atomic E-state index is 14.4. The highest BCUT2D eigenvalue weighted by atomic mass is 16.6. The third-order valence-electron chi connectivity index (χ3n) is 19.0. The Hall–Kier alpha value is -9.55. The third-order valence-corrected chi connectivity index (χ3v) is 19.0. The normalized spacial score (nSPS) is 16.9. The first kappa shape index (κ1) is 85.7. The van der Waals surface area contributed by atoms with E-state index in [4.69, 9.17) is 28.4 Å². The number of hydrogen-bond acceptors (Lipinski definition) is 17.